The zero-order chi connectivity index (χ0) is 22.0. The maximum absolute atomic E-state index is 14.6. The summed E-state index contributed by atoms with van der Waals surface area (Å²) in [6.07, 6.45) is 3.29. The minimum atomic E-state index is -1.82. The van der Waals surface area contributed by atoms with E-state index in [9.17, 15) is 19.1 Å². The molecule has 0 bridgehead atoms. The van der Waals surface area contributed by atoms with Gasteiger partial charge in [-0.15, -0.1) is 0 Å². The van der Waals surface area contributed by atoms with Crippen LogP contribution in [0, 0.1) is 5.82 Å². The molecule has 4 N–H and O–H groups in total. The van der Waals surface area contributed by atoms with E-state index in [2.05, 4.69) is 5.32 Å². The Hall–Kier alpha value is -2.47. The number of rotatable bonds is 3. The van der Waals surface area contributed by atoms with Crippen molar-refractivity contribution in [3.63, 3.8) is 0 Å². The molecule has 31 heavy (non-hydrogen) atoms. The first-order valence-corrected chi connectivity index (χ1v) is 9.24. The summed E-state index contributed by atoms with van der Waals surface area (Å²) in [4.78, 5) is 43.9. The van der Waals surface area contributed by atoms with Crippen molar-refractivity contribution in [1.82, 2.24) is 9.88 Å². The Morgan fingerprint density at radius 2 is 1.65 bits per heavy atom. The van der Waals surface area contributed by atoms with Gasteiger partial charge in [-0.2, -0.15) is 0 Å². The summed E-state index contributed by atoms with van der Waals surface area (Å²) >= 11 is 0. The van der Waals surface area contributed by atoms with Gasteiger partial charge in [0.1, 0.15) is 11.4 Å². The molecule has 1 aromatic heterocycles. The molecular weight excluding hydrogens is 424 g/mol. The predicted molar refractivity (Wildman–Crippen MR) is 105 cm³/mol. The van der Waals surface area contributed by atoms with Crippen molar-refractivity contribution in [3.8, 4) is 0 Å². The molecule has 0 atom stereocenters. The van der Waals surface area contributed by atoms with Crippen molar-refractivity contribution in [2.75, 3.05) is 31.1 Å². The number of hydrogen-bond donors (Lipinski definition) is 4. The van der Waals surface area contributed by atoms with Crippen molar-refractivity contribution >= 4 is 34.5 Å². The third kappa shape index (κ3) is 5.62. The Kier molecular flexibility index (Phi) is 8.18. The van der Waals surface area contributed by atoms with Crippen LogP contribution >= 0.6 is 0 Å². The largest absolute Gasteiger partial charge is 1.00 e. The summed E-state index contributed by atoms with van der Waals surface area (Å²) in [5, 5.41) is 27.4. The van der Waals surface area contributed by atoms with Crippen LogP contribution in [0.2, 0.25) is 0 Å². The van der Waals surface area contributed by atoms with Crippen LogP contribution in [0.3, 0.4) is 0 Å². The molecule has 162 valence electrons. The van der Waals surface area contributed by atoms with Gasteiger partial charge < -0.3 is 31.5 Å². The van der Waals surface area contributed by atoms with Crippen LogP contribution < -0.4 is 45.2 Å². The van der Waals surface area contributed by atoms with E-state index in [1.165, 1.54) is 12.3 Å². The van der Waals surface area contributed by atoms with Crippen molar-refractivity contribution in [1.29, 1.82) is 0 Å². The third-order valence-electron chi connectivity index (χ3n) is 4.91. The summed E-state index contributed by atoms with van der Waals surface area (Å²) in [6, 6.07) is 3.08. The van der Waals surface area contributed by atoms with Gasteiger partial charge in [-0.25, -0.2) is 18.8 Å². The van der Waals surface area contributed by atoms with Gasteiger partial charge >= 0.3 is 47.5 Å². The van der Waals surface area contributed by atoms with Gasteiger partial charge in [0, 0.05) is 43.8 Å². The summed E-state index contributed by atoms with van der Waals surface area (Å²) in [7, 11) is 0. The minimum absolute atomic E-state index is 0. The number of anilines is 1. The number of carboxylic acid groups (broad SMARTS) is 3. The first-order valence-electron chi connectivity index (χ1n) is 9.24. The van der Waals surface area contributed by atoms with E-state index in [1.807, 2.05) is 9.47 Å². The van der Waals surface area contributed by atoms with E-state index in [0.717, 1.165) is 25.9 Å². The van der Waals surface area contributed by atoms with Crippen molar-refractivity contribution in [3.05, 3.63) is 39.9 Å². The van der Waals surface area contributed by atoms with Crippen LogP contribution in [0.15, 0.2) is 23.1 Å². The molecule has 2 aliphatic rings. The molecule has 1 aliphatic heterocycles. The predicted octanol–water partition coefficient (Wildman–Crippen LogP) is -2.14. The molecule has 0 radical (unpaired) electrons. The number of piperazine rings is 1. The Morgan fingerprint density at radius 3 is 2.13 bits per heavy atom. The molecular formula is C19H21FN3NaO7. The second-order valence-electron chi connectivity index (χ2n) is 6.98. The van der Waals surface area contributed by atoms with Gasteiger partial charge in [0.15, 0.2) is 0 Å². The zero-order valence-corrected chi connectivity index (χ0v) is 18.8. The SMILES string of the molecule is O=C(O)C(=O)O.O=C(O)c1cn(C2CC2)c2cc(N3CCNCC3)c(F)cc2c1=O.[H-].[Na+]. The quantitative estimate of drug-likeness (QED) is 0.307. The Balaban J connectivity index is 0.000000571. The van der Waals surface area contributed by atoms with Crippen LogP contribution in [0.1, 0.15) is 30.7 Å². The van der Waals surface area contributed by atoms with Crippen molar-refractivity contribution in [2.24, 2.45) is 0 Å². The third-order valence-corrected chi connectivity index (χ3v) is 4.91. The van der Waals surface area contributed by atoms with Crippen LogP contribution in [-0.4, -0.2) is 64.0 Å². The number of pyridine rings is 1. The number of nitrogens with one attached hydrogen (secondary N) is 1. The number of carbonyl (C=O) groups is 3. The van der Waals surface area contributed by atoms with Crippen LogP contribution in [0.5, 0.6) is 0 Å². The number of halogens is 1. The zero-order valence-electron chi connectivity index (χ0n) is 17.8. The minimum Gasteiger partial charge on any atom is -1.00 e. The normalized spacial score (nSPS) is 15.5. The molecule has 2 heterocycles. The average molecular weight is 445 g/mol. The number of aliphatic carboxylic acids is 2. The Morgan fingerprint density at radius 1 is 1.06 bits per heavy atom. The molecule has 2 aromatic rings. The second kappa shape index (κ2) is 10.2. The molecule has 12 heteroatoms. The molecule has 1 saturated carbocycles. The van der Waals surface area contributed by atoms with Gasteiger partial charge in [-0.3, -0.25) is 4.79 Å². The number of hydrogen-bond acceptors (Lipinski definition) is 6. The summed E-state index contributed by atoms with van der Waals surface area (Å²) < 4.78 is 16.4. The van der Waals surface area contributed by atoms with Crippen molar-refractivity contribution < 1.29 is 65.1 Å². The maximum atomic E-state index is 14.6. The standard InChI is InChI=1S/C17H18FN3O3.C2H2O4.Na.H/c18-13-7-11-14(8-15(13)20-5-3-19-4-6-20)21(10-1-2-10)9-12(16(11)22)17(23)24;3-1(4)2(5)6;;/h7-10,19H,1-6H2,(H,23,24);(H,3,4)(H,5,6);;/q;;+1;-1. The fourth-order valence-electron chi connectivity index (χ4n) is 3.31. The van der Waals surface area contributed by atoms with Gasteiger partial charge in [0.2, 0.25) is 5.43 Å². The number of aromatic nitrogens is 1. The van der Waals surface area contributed by atoms with Gasteiger partial charge in [-0.05, 0) is 25.0 Å². The molecule has 4 rings (SSSR count). The number of fused-ring (bicyclic) bond motifs is 1. The first-order chi connectivity index (χ1) is 14.2. The van der Waals surface area contributed by atoms with Gasteiger partial charge in [0.05, 0.1) is 11.2 Å². The molecule has 1 aromatic carbocycles. The summed E-state index contributed by atoms with van der Waals surface area (Å²) in [6.45, 7) is 2.96. The molecule has 0 amide bonds. The summed E-state index contributed by atoms with van der Waals surface area (Å²) in [5.74, 6) is -5.40. The molecule has 1 aliphatic carbocycles. The fraction of sp³-hybridized carbons (Fsp3) is 0.368. The number of aromatic carboxylic acids is 1. The Labute approximate surface area is 199 Å². The van der Waals surface area contributed by atoms with E-state index >= 15 is 0 Å². The topological polar surface area (TPSA) is 149 Å². The van der Waals surface area contributed by atoms with Crippen LogP contribution in [0.25, 0.3) is 10.9 Å². The monoisotopic (exact) mass is 445 g/mol. The van der Waals surface area contributed by atoms with E-state index < -0.39 is 29.2 Å². The van der Waals surface area contributed by atoms with E-state index in [0.29, 0.717) is 24.3 Å². The average Bonchev–Trinajstić information content (AvgIpc) is 3.54. The number of nitrogens with zero attached hydrogens (tertiary/aromatic N) is 2. The molecule has 0 spiro atoms. The molecule has 1 saturated heterocycles. The van der Waals surface area contributed by atoms with E-state index in [4.69, 9.17) is 19.8 Å². The van der Waals surface area contributed by atoms with E-state index in [-0.39, 0.29) is 48.0 Å². The van der Waals surface area contributed by atoms with Gasteiger partial charge in [0.25, 0.3) is 0 Å². The second-order valence-corrected chi connectivity index (χ2v) is 6.98. The number of benzene rings is 1. The molecule has 0 unspecified atom stereocenters. The number of carboxylic acids is 3. The first kappa shape index (κ1) is 24.8. The fourth-order valence-corrected chi connectivity index (χ4v) is 3.31. The molecule has 10 nitrogen and oxygen atoms in total. The van der Waals surface area contributed by atoms with Gasteiger partial charge in [-0.1, -0.05) is 0 Å². The van der Waals surface area contributed by atoms with Crippen LogP contribution in [-0.2, 0) is 9.59 Å². The summed E-state index contributed by atoms with van der Waals surface area (Å²) in [5.41, 5.74) is 0.159. The molecule has 2 fully saturated rings. The maximum Gasteiger partial charge on any atom is 1.00 e. The van der Waals surface area contributed by atoms with E-state index in [1.54, 1.807) is 6.07 Å². The Bertz CT molecular complexity index is 1070. The smallest absolute Gasteiger partial charge is 1.00 e. The van der Waals surface area contributed by atoms with Crippen molar-refractivity contribution in [2.45, 2.75) is 18.9 Å². The van der Waals surface area contributed by atoms with Crippen LogP contribution in [0.4, 0.5) is 10.1 Å².